The lowest BCUT2D eigenvalue weighted by Crippen LogP contribution is -2.16. The Balaban J connectivity index is 2.10. The van der Waals surface area contributed by atoms with E-state index in [4.69, 9.17) is 9.15 Å². The molecular formula is C12H20N2O3. The van der Waals surface area contributed by atoms with Gasteiger partial charge in [-0.1, -0.05) is 0 Å². The van der Waals surface area contributed by atoms with Crippen LogP contribution in [-0.2, 0) is 16.1 Å². The summed E-state index contributed by atoms with van der Waals surface area (Å²) in [5, 5.41) is 3.18. The average molecular weight is 240 g/mol. The number of hydrogen-bond donors (Lipinski definition) is 1. The fraction of sp³-hybridized carbons (Fsp3) is 0.667. The summed E-state index contributed by atoms with van der Waals surface area (Å²) < 4.78 is 10.2. The Morgan fingerprint density at radius 1 is 1.47 bits per heavy atom. The quantitative estimate of drug-likeness (QED) is 0.580. The van der Waals surface area contributed by atoms with Gasteiger partial charge in [0.05, 0.1) is 18.8 Å². The van der Waals surface area contributed by atoms with Gasteiger partial charge in [-0.15, -0.1) is 0 Å². The van der Waals surface area contributed by atoms with E-state index < -0.39 is 0 Å². The molecule has 0 radical (unpaired) electrons. The minimum atomic E-state index is -0.142. The highest BCUT2D eigenvalue weighted by Gasteiger charge is 2.05. The zero-order chi connectivity index (χ0) is 12.7. The third kappa shape index (κ3) is 4.99. The summed E-state index contributed by atoms with van der Waals surface area (Å²) in [5.41, 5.74) is 0.924. The zero-order valence-electron chi connectivity index (χ0n) is 10.7. The molecule has 17 heavy (non-hydrogen) atoms. The van der Waals surface area contributed by atoms with Crippen molar-refractivity contribution in [2.75, 3.05) is 13.2 Å². The van der Waals surface area contributed by atoms with Gasteiger partial charge in [0.1, 0.15) is 5.76 Å². The molecule has 1 aromatic rings. The molecule has 1 rings (SSSR count). The molecule has 0 atom stereocenters. The fourth-order valence-corrected chi connectivity index (χ4v) is 1.40. The standard InChI is InChI=1S/C12H20N2O3/c1-4-16-12(15)6-5-7-13-8-11-14-9(2)10(3)17-11/h13H,4-8H2,1-3H3. The lowest BCUT2D eigenvalue weighted by atomic mass is 10.3. The first-order chi connectivity index (χ1) is 8.13. The topological polar surface area (TPSA) is 64.4 Å². The smallest absolute Gasteiger partial charge is 0.305 e. The number of ether oxygens (including phenoxy) is 1. The highest BCUT2D eigenvalue weighted by molar-refractivity contribution is 5.69. The fourth-order valence-electron chi connectivity index (χ4n) is 1.40. The number of nitrogens with zero attached hydrogens (tertiary/aromatic N) is 1. The van der Waals surface area contributed by atoms with Gasteiger partial charge in [0.25, 0.3) is 0 Å². The van der Waals surface area contributed by atoms with Gasteiger partial charge in [-0.3, -0.25) is 4.79 Å². The van der Waals surface area contributed by atoms with Crippen LogP contribution in [-0.4, -0.2) is 24.1 Å². The maximum atomic E-state index is 11.0. The average Bonchev–Trinajstić information content (AvgIpc) is 2.58. The van der Waals surface area contributed by atoms with Crippen LogP contribution in [0.3, 0.4) is 0 Å². The van der Waals surface area contributed by atoms with Crippen LogP contribution in [0, 0.1) is 13.8 Å². The Labute approximate surface area is 102 Å². The van der Waals surface area contributed by atoms with Crippen molar-refractivity contribution < 1.29 is 13.9 Å². The summed E-state index contributed by atoms with van der Waals surface area (Å²) in [6.45, 7) is 7.41. The molecular weight excluding hydrogens is 220 g/mol. The molecule has 1 aromatic heterocycles. The van der Waals surface area contributed by atoms with Crippen LogP contribution in [0.15, 0.2) is 4.42 Å². The molecule has 0 bridgehead atoms. The molecule has 0 fully saturated rings. The molecule has 5 nitrogen and oxygen atoms in total. The van der Waals surface area contributed by atoms with Crippen LogP contribution in [0.5, 0.6) is 0 Å². The van der Waals surface area contributed by atoms with Crippen molar-refractivity contribution in [1.29, 1.82) is 0 Å². The van der Waals surface area contributed by atoms with Gasteiger partial charge in [-0.05, 0) is 33.7 Å². The number of carbonyl (C=O) groups is 1. The molecule has 0 amide bonds. The van der Waals surface area contributed by atoms with Gasteiger partial charge < -0.3 is 14.5 Å². The second kappa shape index (κ2) is 7.06. The number of nitrogens with one attached hydrogen (secondary N) is 1. The normalized spacial score (nSPS) is 10.5. The van der Waals surface area contributed by atoms with Gasteiger partial charge in [0.15, 0.2) is 0 Å². The Morgan fingerprint density at radius 3 is 2.82 bits per heavy atom. The molecule has 0 saturated carbocycles. The number of rotatable bonds is 7. The largest absolute Gasteiger partial charge is 0.466 e. The number of aryl methyl sites for hydroxylation is 2. The number of esters is 1. The first-order valence-corrected chi connectivity index (χ1v) is 5.92. The Bertz CT molecular complexity index is 341. The minimum absolute atomic E-state index is 0.142. The summed E-state index contributed by atoms with van der Waals surface area (Å²) in [7, 11) is 0. The number of aromatic nitrogens is 1. The van der Waals surface area contributed by atoms with Crippen molar-refractivity contribution in [2.24, 2.45) is 0 Å². The molecule has 0 saturated heterocycles. The van der Waals surface area contributed by atoms with E-state index in [0.29, 0.717) is 25.5 Å². The molecule has 0 aliphatic rings. The van der Waals surface area contributed by atoms with Crippen molar-refractivity contribution in [2.45, 2.75) is 40.2 Å². The van der Waals surface area contributed by atoms with Crippen LogP contribution in [0.2, 0.25) is 0 Å². The molecule has 0 aromatic carbocycles. The molecule has 5 heteroatoms. The molecule has 1 heterocycles. The van der Waals surface area contributed by atoms with Crippen molar-refractivity contribution in [3.8, 4) is 0 Å². The summed E-state index contributed by atoms with van der Waals surface area (Å²) in [6.07, 6.45) is 1.21. The predicted molar refractivity (Wildman–Crippen MR) is 63.6 cm³/mol. The van der Waals surface area contributed by atoms with Crippen molar-refractivity contribution >= 4 is 5.97 Å². The van der Waals surface area contributed by atoms with Gasteiger partial charge in [0, 0.05) is 6.42 Å². The second-order valence-corrected chi connectivity index (χ2v) is 3.83. The van der Waals surface area contributed by atoms with E-state index in [1.54, 1.807) is 0 Å². The van der Waals surface area contributed by atoms with E-state index in [9.17, 15) is 4.79 Å². The van der Waals surface area contributed by atoms with Crippen molar-refractivity contribution in [3.05, 3.63) is 17.3 Å². The Morgan fingerprint density at radius 2 is 2.24 bits per heavy atom. The predicted octanol–water partition coefficient (Wildman–Crippen LogP) is 1.72. The molecule has 96 valence electrons. The molecule has 0 aliphatic heterocycles. The maximum Gasteiger partial charge on any atom is 0.305 e. The summed E-state index contributed by atoms with van der Waals surface area (Å²) in [6, 6.07) is 0. The highest BCUT2D eigenvalue weighted by atomic mass is 16.5. The monoisotopic (exact) mass is 240 g/mol. The minimum Gasteiger partial charge on any atom is -0.466 e. The molecule has 1 N–H and O–H groups in total. The molecule has 0 unspecified atom stereocenters. The van der Waals surface area contributed by atoms with Crippen LogP contribution in [0.25, 0.3) is 0 Å². The van der Waals surface area contributed by atoms with Crippen LogP contribution >= 0.6 is 0 Å². The third-order valence-corrected chi connectivity index (χ3v) is 2.39. The lowest BCUT2D eigenvalue weighted by Gasteiger charge is -2.02. The third-order valence-electron chi connectivity index (χ3n) is 2.39. The maximum absolute atomic E-state index is 11.0. The zero-order valence-corrected chi connectivity index (χ0v) is 10.7. The van der Waals surface area contributed by atoms with Gasteiger partial charge >= 0.3 is 5.97 Å². The second-order valence-electron chi connectivity index (χ2n) is 3.83. The summed E-state index contributed by atoms with van der Waals surface area (Å²) in [5.74, 6) is 1.40. The number of carbonyl (C=O) groups excluding carboxylic acids is 1. The van der Waals surface area contributed by atoms with Gasteiger partial charge in [-0.25, -0.2) is 4.98 Å². The van der Waals surface area contributed by atoms with Crippen molar-refractivity contribution in [1.82, 2.24) is 10.3 Å². The van der Waals surface area contributed by atoms with E-state index in [1.165, 1.54) is 0 Å². The highest BCUT2D eigenvalue weighted by Crippen LogP contribution is 2.07. The first kappa shape index (κ1) is 13.7. The van der Waals surface area contributed by atoms with E-state index in [1.807, 2.05) is 20.8 Å². The first-order valence-electron chi connectivity index (χ1n) is 5.92. The number of hydrogen-bond acceptors (Lipinski definition) is 5. The van der Waals surface area contributed by atoms with E-state index in [2.05, 4.69) is 10.3 Å². The van der Waals surface area contributed by atoms with Crippen LogP contribution in [0.1, 0.15) is 37.1 Å². The SMILES string of the molecule is CCOC(=O)CCCNCc1nc(C)c(C)o1. The Hall–Kier alpha value is -1.36. The van der Waals surface area contributed by atoms with E-state index in [0.717, 1.165) is 24.4 Å². The van der Waals surface area contributed by atoms with Crippen LogP contribution in [0.4, 0.5) is 0 Å². The van der Waals surface area contributed by atoms with Crippen LogP contribution < -0.4 is 5.32 Å². The van der Waals surface area contributed by atoms with E-state index in [-0.39, 0.29) is 5.97 Å². The number of oxazole rings is 1. The molecule has 0 spiro atoms. The van der Waals surface area contributed by atoms with Gasteiger partial charge in [0.2, 0.25) is 5.89 Å². The lowest BCUT2D eigenvalue weighted by molar-refractivity contribution is -0.143. The van der Waals surface area contributed by atoms with Gasteiger partial charge in [-0.2, -0.15) is 0 Å². The Kier molecular flexibility index (Phi) is 5.69. The summed E-state index contributed by atoms with van der Waals surface area (Å²) >= 11 is 0. The molecule has 0 aliphatic carbocycles. The van der Waals surface area contributed by atoms with Crippen molar-refractivity contribution in [3.63, 3.8) is 0 Å². The van der Waals surface area contributed by atoms with E-state index >= 15 is 0 Å². The summed E-state index contributed by atoms with van der Waals surface area (Å²) in [4.78, 5) is 15.3.